The molecule has 0 spiro atoms. The van der Waals surface area contributed by atoms with Crippen molar-refractivity contribution in [2.75, 3.05) is 0 Å². The average Bonchev–Trinajstić information content (AvgIpc) is 3.30. The Hall–Kier alpha value is -0.710. The molecule has 27 heavy (non-hydrogen) atoms. The summed E-state index contributed by atoms with van der Waals surface area (Å²) >= 11 is 14.1. The molecule has 2 aliphatic carbocycles. The molecule has 3 unspecified atom stereocenters. The van der Waals surface area contributed by atoms with Crippen molar-refractivity contribution in [3.63, 3.8) is 0 Å². The molecule has 0 bridgehead atoms. The van der Waals surface area contributed by atoms with E-state index in [1.807, 2.05) is 12.1 Å². The molecule has 1 aliphatic heterocycles. The van der Waals surface area contributed by atoms with Crippen molar-refractivity contribution >= 4 is 46.0 Å². The van der Waals surface area contributed by atoms with Gasteiger partial charge in [-0.25, -0.2) is 0 Å². The number of hydrogen-bond donors (Lipinski definition) is 1. The Bertz CT molecular complexity index is 733. The predicted octanol–water partition coefficient (Wildman–Crippen LogP) is 6.19. The highest BCUT2D eigenvalue weighted by molar-refractivity contribution is 8.14. The lowest BCUT2D eigenvalue weighted by molar-refractivity contribution is -0.121. The van der Waals surface area contributed by atoms with Crippen LogP contribution in [0.3, 0.4) is 0 Å². The molecule has 0 aromatic heterocycles. The summed E-state index contributed by atoms with van der Waals surface area (Å²) < 4.78 is 0. The summed E-state index contributed by atoms with van der Waals surface area (Å²) in [5.74, 6) is 0.454. The summed E-state index contributed by atoms with van der Waals surface area (Å²) in [7, 11) is 0. The number of nitrogens with zero attached hydrogens (tertiary/aromatic N) is 1. The third-order valence-electron chi connectivity index (χ3n) is 6.15. The van der Waals surface area contributed by atoms with Crippen molar-refractivity contribution in [2.45, 2.75) is 75.0 Å². The number of carbonyl (C=O) groups excluding carboxylic acids is 1. The smallest absolute Gasteiger partial charge is 0.233 e. The summed E-state index contributed by atoms with van der Waals surface area (Å²) in [5.41, 5.74) is 0.954. The molecule has 2 saturated carbocycles. The first-order valence-corrected chi connectivity index (χ1v) is 11.7. The maximum absolute atomic E-state index is 13.2. The zero-order valence-corrected chi connectivity index (χ0v) is 17.8. The van der Waals surface area contributed by atoms with E-state index < -0.39 is 0 Å². The standard InChI is InChI=1S/C21H26Cl2N2OS/c22-16-10-9-14(12-17(16)23)15(11-13-5-1-2-6-13)20(26)25-21-24-18-7-3-4-8-19(18)27-21/h9-10,12-13,15,18-19H,1-8,11H2,(H,24,25,26). The van der Waals surface area contributed by atoms with Crippen LogP contribution in [0.2, 0.25) is 10.0 Å². The number of benzene rings is 1. The first-order valence-electron chi connectivity index (χ1n) is 10.1. The van der Waals surface area contributed by atoms with Gasteiger partial charge in [0.05, 0.1) is 22.0 Å². The van der Waals surface area contributed by atoms with Crippen LogP contribution in [-0.2, 0) is 4.79 Å². The highest BCUT2D eigenvalue weighted by atomic mass is 35.5. The summed E-state index contributed by atoms with van der Waals surface area (Å²) in [6.07, 6.45) is 10.7. The van der Waals surface area contributed by atoms with Crippen LogP contribution in [0.4, 0.5) is 0 Å². The first kappa shape index (κ1) is 19.6. The normalized spacial score (nSPS) is 26.5. The Morgan fingerprint density at radius 3 is 2.59 bits per heavy atom. The predicted molar refractivity (Wildman–Crippen MR) is 115 cm³/mol. The molecule has 1 N–H and O–H groups in total. The maximum atomic E-state index is 13.2. The molecular weight excluding hydrogens is 399 g/mol. The molecule has 3 aliphatic rings. The molecule has 0 radical (unpaired) electrons. The Morgan fingerprint density at radius 1 is 1.11 bits per heavy atom. The topological polar surface area (TPSA) is 41.5 Å². The van der Waals surface area contributed by atoms with E-state index in [1.165, 1.54) is 44.9 Å². The van der Waals surface area contributed by atoms with Crippen molar-refractivity contribution in [1.29, 1.82) is 0 Å². The first-order chi connectivity index (χ1) is 13.1. The van der Waals surface area contributed by atoms with E-state index in [2.05, 4.69) is 5.32 Å². The van der Waals surface area contributed by atoms with Gasteiger partial charge in [-0.3, -0.25) is 9.79 Å². The minimum atomic E-state index is -0.200. The molecule has 1 heterocycles. The molecule has 1 aromatic carbocycles. The van der Waals surface area contributed by atoms with Crippen LogP contribution in [-0.4, -0.2) is 22.4 Å². The molecule has 3 atom stereocenters. The van der Waals surface area contributed by atoms with E-state index in [0.717, 1.165) is 23.6 Å². The summed E-state index contributed by atoms with van der Waals surface area (Å²) in [4.78, 5) is 18.0. The van der Waals surface area contributed by atoms with Gasteiger partial charge in [0.15, 0.2) is 5.17 Å². The number of amidine groups is 1. The van der Waals surface area contributed by atoms with Gasteiger partial charge in [0.2, 0.25) is 5.91 Å². The quantitative estimate of drug-likeness (QED) is 0.625. The number of aliphatic imine (C=N–C) groups is 1. The van der Waals surface area contributed by atoms with Crippen molar-refractivity contribution in [2.24, 2.45) is 10.9 Å². The molecule has 2 fully saturated rings. The minimum Gasteiger partial charge on any atom is -0.305 e. The summed E-state index contributed by atoms with van der Waals surface area (Å²) in [6, 6.07) is 5.98. The van der Waals surface area contributed by atoms with Crippen LogP contribution in [0.1, 0.15) is 69.3 Å². The Balaban J connectivity index is 1.50. The SMILES string of the molecule is O=C(NC1=NC2CCCCC2S1)C(CC1CCCC1)c1ccc(Cl)c(Cl)c1. The monoisotopic (exact) mass is 424 g/mol. The molecule has 6 heteroatoms. The van der Waals surface area contributed by atoms with Gasteiger partial charge in [0, 0.05) is 5.25 Å². The van der Waals surface area contributed by atoms with Gasteiger partial charge in [0.25, 0.3) is 0 Å². The van der Waals surface area contributed by atoms with Crippen molar-refractivity contribution in [1.82, 2.24) is 5.32 Å². The van der Waals surface area contributed by atoms with Crippen molar-refractivity contribution in [3.05, 3.63) is 33.8 Å². The fraction of sp³-hybridized carbons (Fsp3) is 0.619. The average molecular weight is 425 g/mol. The zero-order valence-electron chi connectivity index (χ0n) is 15.4. The number of nitrogens with one attached hydrogen (secondary N) is 1. The molecular formula is C21H26Cl2N2OS. The Labute approximate surface area is 175 Å². The number of thioether (sulfide) groups is 1. The van der Waals surface area contributed by atoms with Crippen molar-refractivity contribution < 1.29 is 4.79 Å². The third-order valence-corrected chi connectivity index (χ3v) is 8.17. The lowest BCUT2D eigenvalue weighted by Crippen LogP contribution is -2.33. The minimum absolute atomic E-state index is 0.0465. The fourth-order valence-electron chi connectivity index (χ4n) is 4.64. The van der Waals surface area contributed by atoms with Crippen LogP contribution in [0.25, 0.3) is 0 Å². The second-order valence-corrected chi connectivity index (χ2v) is 10.1. The van der Waals surface area contributed by atoms with Gasteiger partial charge in [-0.2, -0.15) is 0 Å². The van der Waals surface area contributed by atoms with Crippen molar-refractivity contribution in [3.8, 4) is 0 Å². The second kappa shape index (κ2) is 8.75. The van der Waals surface area contributed by atoms with Gasteiger partial charge < -0.3 is 5.32 Å². The summed E-state index contributed by atoms with van der Waals surface area (Å²) in [6.45, 7) is 0. The molecule has 4 rings (SSSR count). The van der Waals surface area contributed by atoms with Crippen LogP contribution < -0.4 is 5.32 Å². The van der Waals surface area contributed by atoms with E-state index in [9.17, 15) is 4.79 Å². The Morgan fingerprint density at radius 2 is 1.85 bits per heavy atom. The number of amides is 1. The van der Waals surface area contributed by atoms with E-state index in [-0.39, 0.29) is 11.8 Å². The fourth-order valence-corrected chi connectivity index (χ4v) is 6.23. The molecule has 146 valence electrons. The maximum Gasteiger partial charge on any atom is 0.233 e. The van der Waals surface area contributed by atoms with E-state index >= 15 is 0 Å². The van der Waals surface area contributed by atoms with Gasteiger partial charge in [0.1, 0.15) is 0 Å². The highest BCUT2D eigenvalue weighted by Gasteiger charge is 2.34. The van der Waals surface area contributed by atoms with E-state index in [0.29, 0.717) is 27.3 Å². The largest absolute Gasteiger partial charge is 0.305 e. The second-order valence-electron chi connectivity index (χ2n) is 8.04. The molecule has 0 saturated heterocycles. The van der Waals surface area contributed by atoms with E-state index in [4.69, 9.17) is 28.2 Å². The number of hydrogen-bond acceptors (Lipinski definition) is 3. The van der Waals surface area contributed by atoms with Crippen LogP contribution in [0, 0.1) is 5.92 Å². The van der Waals surface area contributed by atoms with Gasteiger partial charge in [-0.1, -0.05) is 79.6 Å². The zero-order chi connectivity index (χ0) is 18.8. The number of halogens is 2. The number of rotatable bonds is 4. The van der Waals surface area contributed by atoms with Crippen LogP contribution in [0.15, 0.2) is 23.2 Å². The summed E-state index contributed by atoms with van der Waals surface area (Å²) in [5, 5.41) is 5.54. The lowest BCUT2D eigenvalue weighted by Gasteiger charge is -2.22. The number of fused-ring (bicyclic) bond motifs is 1. The molecule has 3 nitrogen and oxygen atoms in total. The third kappa shape index (κ3) is 4.65. The van der Waals surface area contributed by atoms with Gasteiger partial charge in [-0.15, -0.1) is 0 Å². The highest BCUT2D eigenvalue weighted by Crippen LogP contribution is 2.38. The number of carbonyl (C=O) groups is 1. The van der Waals surface area contributed by atoms with Crippen LogP contribution >= 0.6 is 35.0 Å². The Kier molecular flexibility index (Phi) is 6.35. The van der Waals surface area contributed by atoms with Crippen LogP contribution in [0.5, 0.6) is 0 Å². The molecule has 1 amide bonds. The van der Waals surface area contributed by atoms with Gasteiger partial charge >= 0.3 is 0 Å². The lowest BCUT2D eigenvalue weighted by atomic mass is 9.87. The van der Waals surface area contributed by atoms with Gasteiger partial charge in [-0.05, 0) is 42.9 Å². The van der Waals surface area contributed by atoms with E-state index in [1.54, 1.807) is 17.8 Å². The molecule has 1 aromatic rings.